The van der Waals surface area contributed by atoms with Gasteiger partial charge in [0.1, 0.15) is 35.1 Å². The molecule has 1 aliphatic rings. The van der Waals surface area contributed by atoms with Gasteiger partial charge in [0.25, 0.3) is 0 Å². The molecule has 0 spiro atoms. The van der Waals surface area contributed by atoms with E-state index in [1.54, 1.807) is 18.4 Å². The maximum Gasteiger partial charge on any atom is 0.211 e. The van der Waals surface area contributed by atoms with E-state index in [0.29, 0.717) is 30.8 Å². The van der Waals surface area contributed by atoms with E-state index < -0.39 is 0 Å². The molecule has 0 amide bonds. The highest BCUT2D eigenvalue weighted by Gasteiger charge is 2.22. The van der Waals surface area contributed by atoms with Gasteiger partial charge in [0.05, 0.1) is 23.8 Å². The fourth-order valence-corrected chi connectivity index (χ4v) is 2.80. The molecule has 0 saturated carbocycles. The lowest BCUT2D eigenvalue weighted by atomic mass is 10.1. The molecule has 1 aliphatic heterocycles. The van der Waals surface area contributed by atoms with Gasteiger partial charge in [-0.3, -0.25) is 9.69 Å². The highest BCUT2D eigenvalue weighted by atomic mass is 35.5. The number of halogens is 1. The van der Waals surface area contributed by atoms with Crippen molar-refractivity contribution in [2.45, 2.75) is 13.1 Å². The maximum atomic E-state index is 12.1. The van der Waals surface area contributed by atoms with Crippen LogP contribution in [0.4, 0.5) is 0 Å². The first-order valence-electron chi connectivity index (χ1n) is 6.83. The van der Waals surface area contributed by atoms with Crippen molar-refractivity contribution in [2.24, 2.45) is 0 Å². The molecule has 0 unspecified atom stereocenters. The molecule has 3 heterocycles. The summed E-state index contributed by atoms with van der Waals surface area (Å²) in [6.07, 6.45) is 2.92. The number of hydrogen-bond donors (Lipinski definition) is 0. The normalized spacial score (nSPS) is 14.8. The fourth-order valence-electron chi connectivity index (χ4n) is 2.66. The van der Waals surface area contributed by atoms with Gasteiger partial charge in [0.15, 0.2) is 0 Å². The van der Waals surface area contributed by atoms with Gasteiger partial charge in [-0.2, -0.15) is 0 Å². The third-order valence-corrected chi connectivity index (χ3v) is 3.96. The van der Waals surface area contributed by atoms with Crippen LogP contribution in [0.25, 0.3) is 11.0 Å². The third kappa shape index (κ3) is 2.19. The minimum atomic E-state index is -0.228. The second-order valence-corrected chi connectivity index (χ2v) is 5.58. The minimum absolute atomic E-state index is 0.0802. The van der Waals surface area contributed by atoms with E-state index >= 15 is 0 Å². The molecule has 2 aromatic heterocycles. The molecule has 0 bridgehead atoms. The quantitative estimate of drug-likeness (QED) is 0.725. The fraction of sp³-hybridized carbons (Fsp3) is 0.188. The number of hydrogen-bond acceptors (Lipinski definition) is 5. The number of nitrogens with zero attached hydrogens (tertiary/aromatic N) is 1. The predicted octanol–water partition coefficient (Wildman–Crippen LogP) is 3.39. The standard InChI is InChI=1S/C16H12ClNO4/c17-13-8-21-16-11(15(13)19)3-4-14-12(16)7-18(9-22-14)6-10-2-1-5-20-10/h1-5,8H,6-7,9H2. The van der Waals surface area contributed by atoms with E-state index in [0.717, 1.165) is 17.1 Å². The summed E-state index contributed by atoms with van der Waals surface area (Å²) in [5, 5.41) is 0.548. The Balaban J connectivity index is 1.75. The molecule has 22 heavy (non-hydrogen) atoms. The van der Waals surface area contributed by atoms with Crippen molar-refractivity contribution < 1.29 is 13.6 Å². The van der Waals surface area contributed by atoms with Gasteiger partial charge >= 0.3 is 0 Å². The van der Waals surface area contributed by atoms with Crippen molar-refractivity contribution in [3.8, 4) is 5.75 Å². The molecule has 5 nitrogen and oxygen atoms in total. The summed E-state index contributed by atoms with van der Waals surface area (Å²) in [6.45, 7) is 1.69. The number of furan rings is 1. The lowest BCUT2D eigenvalue weighted by Gasteiger charge is -2.28. The average molecular weight is 318 g/mol. The molecule has 6 heteroatoms. The van der Waals surface area contributed by atoms with Gasteiger partial charge in [-0.1, -0.05) is 11.6 Å². The Bertz CT molecular complexity index is 885. The van der Waals surface area contributed by atoms with E-state index in [1.165, 1.54) is 6.26 Å². The molecule has 0 N–H and O–H groups in total. The van der Waals surface area contributed by atoms with Gasteiger partial charge < -0.3 is 13.6 Å². The molecular formula is C16H12ClNO4. The minimum Gasteiger partial charge on any atom is -0.478 e. The van der Waals surface area contributed by atoms with Crippen LogP contribution in [0.3, 0.4) is 0 Å². The average Bonchev–Trinajstić information content (AvgIpc) is 3.03. The summed E-state index contributed by atoms with van der Waals surface area (Å²) in [4.78, 5) is 14.2. The van der Waals surface area contributed by atoms with E-state index in [-0.39, 0.29) is 10.5 Å². The molecule has 0 saturated heterocycles. The largest absolute Gasteiger partial charge is 0.478 e. The Morgan fingerprint density at radius 2 is 2.14 bits per heavy atom. The number of rotatable bonds is 2. The second-order valence-electron chi connectivity index (χ2n) is 5.17. The zero-order valence-corrected chi connectivity index (χ0v) is 12.3. The zero-order valence-electron chi connectivity index (χ0n) is 11.5. The highest BCUT2D eigenvalue weighted by molar-refractivity contribution is 6.30. The number of fused-ring (bicyclic) bond motifs is 3. The Kier molecular flexibility index (Phi) is 3.17. The lowest BCUT2D eigenvalue weighted by Crippen LogP contribution is -2.31. The van der Waals surface area contributed by atoms with Crippen molar-refractivity contribution in [2.75, 3.05) is 6.73 Å². The summed E-state index contributed by atoms with van der Waals surface area (Å²) < 4.78 is 16.7. The summed E-state index contributed by atoms with van der Waals surface area (Å²) >= 11 is 5.83. The van der Waals surface area contributed by atoms with Crippen LogP contribution in [0.2, 0.25) is 5.02 Å². The number of ether oxygens (including phenoxy) is 1. The number of benzene rings is 1. The van der Waals surface area contributed by atoms with Crippen molar-refractivity contribution in [3.63, 3.8) is 0 Å². The van der Waals surface area contributed by atoms with Gasteiger partial charge in [-0.25, -0.2) is 0 Å². The van der Waals surface area contributed by atoms with E-state index in [2.05, 4.69) is 4.90 Å². The Morgan fingerprint density at radius 1 is 1.23 bits per heavy atom. The van der Waals surface area contributed by atoms with E-state index in [9.17, 15) is 4.79 Å². The molecule has 0 fully saturated rings. The molecule has 112 valence electrons. The van der Waals surface area contributed by atoms with Crippen molar-refractivity contribution >= 4 is 22.6 Å². The van der Waals surface area contributed by atoms with Crippen LogP contribution < -0.4 is 10.2 Å². The smallest absolute Gasteiger partial charge is 0.211 e. The van der Waals surface area contributed by atoms with Crippen LogP contribution in [0.1, 0.15) is 11.3 Å². The Morgan fingerprint density at radius 3 is 2.95 bits per heavy atom. The molecule has 0 radical (unpaired) electrons. The summed E-state index contributed by atoms with van der Waals surface area (Å²) in [7, 11) is 0. The van der Waals surface area contributed by atoms with Crippen LogP contribution in [0.15, 0.2) is 50.4 Å². The lowest BCUT2D eigenvalue weighted by molar-refractivity contribution is 0.0826. The first-order valence-corrected chi connectivity index (χ1v) is 7.20. The zero-order chi connectivity index (χ0) is 15.1. The van der Waals surface area contributed by atoms with Crippen LogP contribution in [-0.2, 0) is 13.1 Å². The highest BCUT2D eigenvalue weighted by Crippen LogP contribution is 2.32. The Labute approximate surface area is 130 Å². The van der Waals surface area contributed by atoms with Gasteiger partial charge in [-0.15, -0.1) is 0 Å². The van der Waals surface area contributed by atoms with E-state index in [1.807, 2.05) is 12.1 Å². The van der Waals surface area contributed by atoms with Crippen molar-refractivity contribution in [3.05, 3.63) is 63.4 Å². The summed E-state index contributed by atoms with van der Waals surface area (Å²) in [6, 6.07) is 7.24. The maximum absolute atomic E-state index is 12.1. The molecule has 4 rings (SSSR count). The van der Waals surface area contributed by atoms with Crippen LogP contribution in [0, 0.1) is 0 Å². The molecule has 0 atom stereocenters. The van der Waals surface area contributed by atoms with Crippen LogP contribution in [0.5, 0.6) is 5.75 Å². The second kappa shape index (κ2) is 5.19. The van der Waals surface area contributed by atoms with Gasteiger partial charge in [0.2, 0.25) is 5.43 Å². The van der Waals surface area contributed by atoms with Gasteiger partial charge in [0, 0.05) is 6.54 Å². The molecule has 1 aromatic carbocycles. The first-order chi connectivity index (χ1) is 10.7. The summed E-state index contributed by atoms with van der Waals surface area (Å²) in [5.41, 5.74) is 1.15. The van der Waals surface area contributed by atoms with Crippen molar-refractivity contribution in [1.29, 1.82) is 0 Å². The molecular weight excluding hydrogens is 306 g/mol. The topological polar surface area (TPSA) is 55.8 Å². The predicted molar refractivity (Wildman–Crippen MR) is 80.9 cm³/mol. The van der Waals surface area contributed by atoms with E-state index in [4.69, 9.17) is 25.2 Å². The third-order valence-electron chi connectivity index (χ3n) is 3.70. The SMILES string of the molecule is O=c1c(Cl)coc2c3c(ccc12)OCN(Cc1ccco1)C3. The summed E-state index contributed by atoms with van der Waals surface area (Å²) in [5.74, 6) is 1.59. The molecule has 3 aromatic rings. The Hall–Kier alpha value is -2.24. The van der Waals surface area contributed by atoms with Crippen LogP contribution >= 0.6 is 11.6 Å². The monoisotopic (exact) mass is 317 g/mol. The van der Waals surface area contributed by atoms with Crippen molar-refractivity contribution in [1.82, 2.24) is 4.90 Å². The molecule has 0 aliphatic carbocycles. The van der Waals surface area contributed by atoms with Gasteiger partial charge in [-0.05, 0) is 24.3 Å². The van der Waals surface area contributed by atoms with Crippen LogP contribution in [-0.4, -0.2) is 11.6 Å². The first kappa shape index (κ1) is 13.4.